The first-order chi connectivity index (χ1) is 12.9. The van der Waals surface area contributed by atoms with Crippen LogP contribution in [0.2, 0.25) is 0 Å². The third-order valence-electron chi connectivity index (χ3n) is 3.79. The fraction of sp³-hybridized carbons (Fsp3) is 0.158. The van der Waals surface area contributed by atoms with E-state index in [2.05, 4.69) is 4.74 Å². The molecule has 0 bridgehead atoms. The van der Waals surface area contributed by atoms with Gasteiger partial charge in [-0.1, -0.05) is 47.7 Å². The van der Waals surface area contributed by atoms with Crippen LogP contribution < -0.4 is 14.4 Å². The number of rotatable bonds is 5. The Morgan fingerprint density at radius 3 is 2.48 bits per heavy atom. The van der Waals surface area contributed by atoms with Gasteiger partial charge < -0.3 is 9.47 Å². The summed E-state index contributed by atoms with van der Waals surface area (Å²) in [6.07, 6.45) is 1.64. The fourth-order valence-corrected chi connectivity index (χ4v) is 3.80. The predicted molar refractivity (Wildman–Crippen MR) is 106 cm³/mol. The number of carbonyl (C=O) groups excluding carboxylic acids is 1. The normalized spacial score (nSPS) is 15.7. The van der Waals surface area contributed by atoms with E-state index in [0.29, 0.717) is 20.5 Å². The van der Waals surface area contributed by atoms with Crippen molar-refractivity contribution < 1.29 is 23.0 Å². The van der Waals surface area contributed by atoms with Gasteiger partial charge in [0.1, 0.15) is 0 Å². The lowest BCUT2D eigenvalue weighted by Gasteiger charge is -2.14. The average molecular weight is 407 g/mol. The number of thiocarbonyl (C=S) groups is 1. The van der Waals surface area contributed by atoms with Crippen LogP contribution in [0.1, 0.15) is 11.1 Å². The number of hydrogen-bond donors (Lipinski definition) is 0. The maximum atomic E-state index is 12.8. The summed E-state index contributed by atoms with van der Waals surface area (Å²) in [5.41, 5.74) is 2.39. The number of thioether (sulfide) groups is 1. The largest absolute Gasteiger partial charge is 0.493 e. The first kappa shape index (κ1) is 19.3. The molecule has 0 saturated carbocycles. The molecule has 0 aliphatic carbocycles. The van der Waals surface area contributed by atoms with Crippen molar-refractivity contribution in [3.8, 4) is 11.5 Å². The lowest BCUT2D eigenvalue weighted by molar-refractivity contribution is -0.113. The van der Waals surface area contributed by atoms with Gasteiger partial charge >= 0.3 is 6.61 Å². The van der Waals surface area contributed by atoms with Crippen molar-refractivity contribution in [3.05, 3.63) is 58.5 Å². The topological polar surface area (TPSA) is 38.8 Å². The number of carbonyl (C=O) groups is 1. The molecular formula is C19H15F2NO3S2. The van der Waals surface area contributed by atoms with E-state index in [1.165, 1.54) is 35.9 Å². The highest BCUT2D eigenvalue weighted by atomic mass is 32.2. The van der Waals surface area contributed by atoms with Crippen molar-refractivity contribution in [3.63, 3.8) is 0 Å². The molecule has 27 heavy (non-hydrogen) atoms. The molecule has 1 aliphatic heterocycles. The number of hydrogen-bond acceptors (Lipinski definition) is 5. The summed E-state index contributed by atoms with van der Waals surface area (Å²) in [7, 11) is 1.36. The predicted octanol–water partition coefficient (Wildman–Crippen LogP) is 5.01. The molecular weight excluding hydrogens is 392 g/mol. The van der Waals surface area contributed by atoms with E-state index >= 15 is 0 Å². The van der Waals surface area contributed by atoms with E-state index in [1.807, 2.05) is 31.2 Å². The van der Waals surface area contributed by atoms with Crippen LogP contribution >= 0.6 is 24.0 Å². The van der Waals surface area contributed by atoms with Crippen molar-refractivity contribution in [1.82, 2.24) is 0 Å². The Morgan fingerprint density at radius 2 is 1.85 bits per heavy atom. The Labute approximate surface area is 164 Å². The molecule has 0 spiro atoms. The van der Waals surface area contributed by atoms with Crippen LogP contribution in [-0.4, -0.2) is 23.9 Å². The third-order valence-corrected chi connectivity index (χ3v) is 5.09. The van der Waals surface area contributed by atoms with Gasteiger partial charge in [-0.15, -0.1) is 0 Å². The highest BCUT2D eigenvalue weighted by Gasteiger charge is 2.33. The number of alkyl halides is 2. The minimum Gasteiger partial charge on any atom is -0.493 e. The molecule has 8 heteroatoms. The van der Waals surface area contributed by atoms with Crippen LogP contribution in [0.15, 0.2) is 47.4 Å². The molecule has 0 atom stereocenters. The third kappa shape index (κ3) is 4.28. The zero-order valence-electron chi connectivity index (χ0n) is 14.4. The van der Waals surface area contributed by atoms with Crippen LogP contribution in [0.25, 0.3) is 6.08 Å². The second-order valence-corrected chi connectivity index (χ2v) is 7.32. The molecule has 0 unspecified atom stereocenters. The van der Waals surface area contributed by atoms with Crippen LogP contribution in [0, 0.1) is 6.92 Å². The van der Waals surface area contributed by atoms with Crippen LogP contribution in [0.3, 0.4) is 0 Å². The maximum absolute atomic E-state index is 12.8. The van der Waals surface area contributed by atoms with Gasteiger partial charge in [-0.05, 0) is 42.8 Å². The van der Waals surface area contributed by atoms with E-state index in [-0.39, 0.29) is 17.4 Å². The first-order valence-corrected chi connectivity index (χ1v) is 9.09. The van der Waals surface area contributed by atoms with Crippen LogP contribution in [0.5, 0.6) is 11.5 Å². The summed E-state index contributed by atoms with van der Waals surface area (Å²) < 4.78 is 34.8. The van der Waals surface area contributed by atoms with E-state index in [1.54, 1.807) is 12.1 Å². The summed E-state index contributed by atoms with van der Waals surface area (Å²) in [6, 6.07) is 12.0. The Morgan fingerprint density at radius 1 is 1.15 bits per heavy atom. The van der Waals surface area contributed by atoms with Crippen molar-refractivity contribution in [2.75, 3.05) is 12.0 Å². The molecule has 0 aromatic heterocycles. The van der Waals surface area contributed by atoms with Crippen molar-refractivity contribution in [2.45, 2.75) is 13.5 Å². The molecule has 1 saturated heterocycles. The fourth-order valence-electron chi connectivity index (χ4n) is 2.50. The molecule has 0 radical (unpaired) electrons. The molecule has 140 valence electrons. The standard InChI is InChI=1S/C19H15F2NO3S2/c1-11-3-6-13(7-4-11)22-17(23)16(27-19(22)26)10-12-5-8-14(25-18(20)21)15(9-12)24-2/h3-10,18H,1-2H3/b16-10-. The van der Waals surface area contributed by atoms with Gasteiger partial charge in [-0.25, -0.2) is 0 Å². The minimum atomic E-state index is -2.95. The highest BCUT2D eigenvalue weighted by Crippen LogP contribution is 2.37. The van der Waals surface area contributed by atoms with Gasteiger partial charge in [0.2, 0.25) is 0 Å². The zero-order chi connectivity index (χ0) is 19.6. The molecule has 4 nitrogen and oxygen atoms in total. The second-order valence-electron chi connectivity index (χ2n) is 5.64. The summed E-state index contributed by atoms with van der Waals surface area (Å²) in [4.78, 5) is 14.7. The van der Waals surface area contributed by atoms with Crippen LogP contribution in [-0.2, 0) is 4.79 Å². The summed E-state index contributed by atoms with van der Waals surface area (Å²) >= 11 is 6.52. The Hall–Kier alpha value is -2.45. The van der Waals surface area contributed by atoms with Gasteiger partial charge in [0.05, 0.1) is 17.7 Å². The zero-order valence-corrected chi connectivity index (χ0v) is 16.1. The molecule has 2 aromatic carbocycles. The monoisotopic (exact) mass is 407 g/mol. The lowest BCUT2D eigenvalue weighted by atomic mass is 10.1. The molecule has 2 aromatic rings. The van der Waals surface area contributed by atoms with E-state index < -0.39 is 6.61 Å². The summed E-state index contributed by atoms with van der Waals surface area (Å²) in [5, 5.41) is 0. The smallest absolute Gasteiger partial charge is 0.387 e. The van der Waals surface area contributed by atoms with E-state index in [4.69, 9.17) is 17.0 Å². The Balaban J connectivity index is 1.88. The number of amides is 1. The SMILES string of the molecule is COc1cc(/C=C2\SC(=S)N(c3ccc(C)cc3)C2=O)ccc1OC(F)F. The number of anilines is 1. The number of nitrogens with zero attached hydrogens (tertiary/aromatic N) is 1. The van der Waals surface area contributed by atoms with Gasteiger partial charge in [-0.2, -0.15) is 8.78 Å². The number of methoxy groups -OCH3 is 1. The number of aryl methyl sites for hydroxylation is 1. The molecule has 1 aliphatic rings. The van der Waals surface area contributed by atoms with E-state index in [9.17, 15) is 13.6 Å². The molecule has 1 amide bonds. The van der Waals surface area contributed by atoms with Gasteiger partial charge in [-0.3, -0.25) is 9.69 Å². The van der Waals surface area contributed by atoms with Crippen molar-refractivity contribution >= 4 is 46.0 Å². The lowest BCUT2D eigenvalue weighted by Crippen LogP contribution is -2.27. The molecule has 1 heterocycles. The first-order valence-electron chi connectivity index (χ1n) is 7.86. The van der Waals surface area contributed by atoms with Gasteiger partial charge in [0.15, 0.2) is 15.8 Å². The quantitative estimate of drug-likeness (QED) is 0.515. The summed E-state index contributed by atoms with van der Waals surface area (Å²) in [6.45, 7) is -0.988. The van der Waals surface area contributed by atoms with Crippen molar-refractivity contribution in [2.24, 2.45) is 0 Å². The van der Waals surface area contributed by atoms with Crippen molar-refractivity contribution in [1.29, 1.82) is 0 Å². The van der Waals surface area contributed by atoms with Gasteiger partial charge in [0.25, 0.3) is 5.91 Å². The Kier molecular flexibility index (Phi) is 5.76. The highest BCUT2D eigenvalue weighted by molar-refractivity contribution is 8.27. The Bertz CT molecular complexity index is 914. The van der Waals surface area contributed by atoms with Crippen LogP contribution in [0.4, 0.5) is 14.5 Å². The number of benzene rings is 2. The van der Waals surface area contributed by atoms with Gasteiger partial charge in [0, 0.05) is 0 Å². The summed E-state index contributed by atoms with van der Waals surface area (Å²) in [5.74, 6) is -0.157. The molecule has 1 fully saturated rings. The minimum absolute atomic E-state index is 0.0724. The van der Waals surface area contributed by atoms with E-state index in [0.717, 1.165) is 5.56 Å². The molecule has 3 rings (SSSR count). The maximum Gasteiger partial charge on any atom is 0.387 e. The second kappa shape index (κ2) is 8.06. The number of halogens is 2. The number of ether oxygens (including phenoxy) is 2. The molecule has 0 N–H and O–H groups in total. The average Bonchev–Trinajstić information content (AvgIpc) is 2.90.